The van der Waals surface area contributed by atoms with E-state index in [4.69, 9.17) is 0 Å². The Morgan fingerprint density at radius 3 is 3.05 bits per heavy atom. The first-order valence-corrected chi connectivity index (χ1v) is 6.45. The van der Waals surface area contributed by atoms with Gasteiger partial charge in [-0.25, -0.2) is 0 Å². The van der Waals surface area contributed by atoms with Gasteiger partial charge in [-0.2, -0.15) is 16.0 Å². The molecule has 0 spiro atoms. The van der Waals surface area contributed by atoms with Gasteiger partial charge < -0.3 is 15.4 Å². The summed E-state index contributed by atoms with van der Waals surface area (Å²) >= 11 is 1.46. The molecule has 9 heteroatoms. The Morgan fingerprint density at radius 2 is 2.42 bits per heavy atom. The van der Waals surface area contributed by atoms with Crippen molar-refractivity contribution in [2.75, 3.05) is 6.54 Å². The van der Waals surface area contributed by atoms with Crippen LogP contribution in [0.1, 0.15) is 16.8 Å². The van der Waals surface area contributed by atoms with Crippen molar-refractivity contribution in [2.45, 2.75) is 13.0 Å². The summed E-state index contributed by atoms with van der Waals surface area (Å²) < 4.78 is 1.38. The lowest BCUT2D eigenvalue weighted by atomic mass is 10.3. The minimum atomic E-state index is -0.644. The summed E-state index contributed by atoms with van der Waals surface area (Å²) in [5.74, 6) is -0.534. The fourth-order valence-electron chi connectivity index (χ4n) is 1.41. The van der Waals surface area contributed by atoms with Crippen LogP contribution in [0.25, 0.3) is 0 Å². The quantitative estimate of drug-likeness (QED) is 0.484. The number of nitro groups is 1. The molecule has 0 aliphatic carbocycles. The Labute approximate surface area is 112 Å². The molecule has 0 atom stereocenters. The molecule has 0 bridgehead atoms. The van der Waals surface area contributed by atoms with Gasteiger partial charge in [-0.1, -0.05) is 4.98 Å². The fraction of sp³-hybridized carbons (Fsp3) is 0.300. The van der Waals surface area contributed by atoms with Crippen LogP contribution in [0.5, 0.6) is 0 Å². The summed E-state index contributed by atoms with van der Waals surface area (Å²) in [6.07, 6.45) is 1.93. The first-order chi connectivity index (χ1) is 9.16. The van der Waals surface area contributed by atoms with Gasteiger partial charge in [-0.05, 0) is 22.8 Å². The molecule has 0 unspecified atom stereocenters. The van der Waals surface area contributed by atoms with Gasteiger partial charge in [0, 0.05) is 22.6 Å². The van der Waals surface area contributed by atoms with Crippen molar-refractivity contribution < 1.29 is 9.72 Å². The third-order valence-corrected chi connectivity index (χ3v) is 3.00. The number of nitrogens with zero attached hydrogens (tertiary/aromatic N) is 4. The minimum Gasteiger partial charge on any atom is -0.390 e. The summed E-state index contributed by atoms with van der Waals surface area (Å²) in [6, 6.07) is 1.75. The Kier molecular flexibility index (Phi) is 4.18. The normalized spacial score (nSPS) is 10.3. The molecule has 19 heavy (non-hydrogen) atoms. The van der Waals surface area contributed by atoms with E-state index >= 15 is 0 Å². The number of carbonyl (C=O) groups is 1. The molecule has 1 amide bonds. The number of amides is 1. The number of rotatable bonds is 6. The van der Waals surface area contributed by atoms with Gasteiger partial charge in [0.2, 0.25) is 6.33 Å². The zero-order chi connectivity index (χ0) is 13.7. The lowest BCUT2D eigenvalue weighted by Gasteiger charge is -2.02. The topological polar surface area (TPSA) is 103 Å². The van der Waals surface area contributed by atoms with E-state index in [2.05, 4.69) is 15.4 Å². The van der Waals surface area contributed by atoms with E-state index in [1.807, 2.05) is 5.38 Å². The Morgan fingerprint density at radius 1 is 1.58 bits per heavy atom. The maximum Gasteiger partial charge on any atom is 0.490 e. The van der Waals surface area contributed by atoms with Gasteiger partial charge in [0.05, 0.1) is 6.54 Å². The number of hydrogen-bond acceptors (Lipinski definition) is 6. The molecule has 2 aromatic rings. The van der Waals surface area contributed by atoms with E-state index in [0.717, 1.165) is 0 Å². The average molecular weight is 281 g/mol. The number of aromatic nitrogens is 3. The van der Waals surface area contributed by atoms with Gasteiger partial charge in [0.1, 0.15) is 0 Å². The van der Waals surface area contributed by atoms with E-state index in [0.29, 0.717) is 25.1 Å². The fourth-order valence-corrected chi connectivity index (χ4v) is 2.05. The highest BCUT2D eigenvalue weighted by Gasteiger charge is 2.12. The van der Waals surface area contributed by atoms with Gasteiger partial charge in [0.25, 0.3) is 5.91 Å². The van der Waals surface area contributed by atoms with Crippen LogP contribution in [0.15, 0.2) is 23.2 Å². The third-order valence-electron chi connectivity index (χ3n) is 2.32. The first kappa shape index (κ1) is 13.1. The van der Waals surface area contributed by atoms with Crippen LogP contribution in [0.4, 0.5) is 5.95 Å². The van der Waals surface area contributed by atoms with Crippen LogP contribution in [0.2, 0.25) is 0 Å². The zero-order valence-electron chi connectivity index (χ0n) is 9.85. The molecule has 0 aliphatic heterocycles. The van der Waals surface area contributed by atoms with Crippen LogP contribution >= 0.6 is 11.3 Å². The van der Waals surface area contributed by atoms with Crippen LogP contribution in [-0.4, -0.2) is 32.1 Å². The number of aryl methyl sites for hydroxylation is 1. The van der Waals surface area contributed by atoms with Gasteiger partial charge in [0.15, 0.2) is 0 Å². The number of hydrogen-bond donors (Lipinski definition) is 1. The van der Waals surface area contributed by atoms with Crippen LogP contribution in [0.3, 0.4) is 0 Å². The van der Waals surface area contributed by atoms with Crippen molar-refractivity contribution in [2.24, 2.45) is 0 Å². The van der Waals surface area contributed by atoms with Crippen molar-refractivity contribution in [3.05, 3.63) is 38.8 Å². The molecule has 1 N–H and O–H groups in total. The van der Waals surface area contributed by atoms with Crippen molar-refractivity contribution in [1.82, 2.24) is 20.1 Å². The molecule has 0 fully saturated rings. The summed E-state index contributed by atoms with van der Waals surface area (Å²) in [4.78, 5) is 24.9. The monoisotopic (exact) mass is 281 g/mol. The maximum absolute atomic E-state index is 11.6. The van der Waals surface area contributed by atoms with E-state index in [9.17, 15) is 14.9 Å². The molecule has 2 rings (SSSR count). The first-order valence-electron chi connectivity index (χ1n) is 5.51. The maximum atomic E-state index is 11.6. The SMILES string of the molecule is O=C(NCCCn1cnc([N+](=O)[O-])n1)c1ccsc1. The largest absolute Gasteiger partial charge is 0.490 e. The standard InChI is InChI=1S/C10H11N5O3S/c16-9(8-2-5-19-6-8)11-3-1-4-14-7-12-10(13-14)15(17)18/h2,5-7H,1,3-4H2,(H,11,16). The highest BCUT2D eigenvalue weighted by atomic mass is 32.1. The lowest BCUT2D eigenvalue weighted by Crippen LogP contribution is -2.24. The second kappa shape index (κ2) is 6.05. The molecule has 0 aliphatic rings. The summed E-state index contributed by atoms with van der Waals surface area (Å²) in [6.45, 7) is 0.938. The Balaban J connectivity index is 1.72. The third kappa shape index (κ3) is 3.58. The molecular weight excluding hydrogens is 270 g/mol. The number of carbonyl (C=O) groups excluding carboxylic acids is 1. The minimum absolute atomic E-state index is 0.120. The summed E-state index contributed by atoms with van der Waals surface area (Å²) in [5.41, 5.74) is 0.640. The predicted octanol–water partition coefficient (Wildman–Crippen LogP) is 1.07. The zero-order valence-corrected chi connectivity index (χ0v) is 10.7. The summed E-state index contributed by atoms with van der Waals surface area (Å²) in [7, 11) is 0. The van der Waals surface area contributed by atoms with E-state index < -0.39 is 10.9 Å². The van der Waals surface area contributed by atoms with Crippen LogP contribution in [0, 0.1) is 10.1 Å². The highest BCUT2D eigenvalue weighted by molar-refractivity contribution is 7.08. The van der Waals surface area contributed by atoms with Crippen molar-refractivity contribution >= 4 is 23.2 Å². The molecular formula is C10H11N5O3S. The van der Waals surface area contributed by atoms with E-state index in [-0.39, 0.29) is 5.91 Å². The molecule has 0 radical (unpaired) electrons. The smallest absolute Gasteiger partial charge is 0.390 e. The van der Waals surface area contributed by atoms with E-state index in [1.165, 1.54) is 22.3 Å². The van der Waals surface area contributed by atoms with Crippen molar-refractivity contribution in [1.29, 1.82) is 0 Å². The Hall–Kier alpha value is -2.29. The molecule has 0 aromatic carbocycles. The molecule has 100 valence electrons. The highest BCUT2D eigenvalue weighted by Crippen LogP contribution is 2.05. The lowest BCUT2D eigenvalue weighted by molar-refractivity contribution is -0.394. The molecule has 0 saturated heterocycles. The Bertz CT molecular complexity index is 565. The van der Waals surface area contributed by atoms with Gasteiger partial charge in [-0.15, -0.1) is 0 Å². The van der Waals surface area contributed by atoms with E-state index in [1.54, 1.807) is 11.4 Å². The molecule has 2 heterocycles. The van der Waals surface area contributed by atoms with Gasteiger partial charge in [-0.3, -0.25) is 4.79 Å². The summed E-state index contributed by atoms with van der Waals surface area (Å²) in [5, 5.41) is 20.4. The predicted molar refractivity (Wildman–Crippen MR) is 67.9 cm³/mol. The van der Waals surface area contributed by atoms with Gasteiger partial charge >= 0.3 is 5.95 Å². The second-order valence-electron chi connectivity index (χ2n) is 3.69. The molecule has 0 saturated carbocycles. The number of thiophene rings is 1. The second-order valence-corrected chi connectivity index (χ2v) is 4.47. The van der Waals surface area contributed by atoms with Crippen LogP contribution in [-0.2, 0) is 6.54 Å². The van der Waals surface area contributed by atoms with Crippen molar-refractivity contribution in [3.8, 4) is 0 Å². The molecule has 8 nitrogen and oxygen atoms in total. The number of nitrogens with one attached hydrogen (secondary N) is 1. The average Bonchev–Trinajstić information content (AvgIpc) is 3.05. The van der Waals surface area contributed by atoms with Crippen LogP contribution < -0.4 is 5.32 Å². The molecule has 2 aromatic heterocycles. The van der Waals surface area contributed by atoms with Crippen molar-refractivity contribution in [3.63, 3.8) is 0 Å².